The number of carbonyl (C=O) groups excluding carboxylic acids is 1. The molecule has 0 unspecified atom stereocenters. The SMILES string of the molecule is C[C@H]1CN(CCNC(=O)c2ccn(-c3ccccc3)n2)C[C@H](C)O1. The van der Waals surface area contributed by atoms with E-state index in [0.29, 0.717) is 12.2 Å². The van der Waals surface area contributed by atoms with Gasteiger partial charge in [0.2, 0.25) is 0 Å². The van der Waals surface area contributed by atoms with Gasteiger partial charge >= 0.3 is 0 Å². The number of aromatic nitrogens is 2. The average molecular weight is 328 g/mol. The van der Waals surface area contributed by atoms with Crippen LogP contribution in [0.25, 0.3) is 5.69 Å². The Balaban J connectivity index is 1.50. The van der Waals surface area contributed by atoms with E-state index in [1.807, 2.05) is 30.3 Å². The molecule has 1 aromatic carbocycles. The van der Waals surface area contributed by atoms with Gasteiger partial charge in [0.25, 0.3) is 5.91 Å². The third kappa shape index (κ3) is 4.21. The van der Waals surface area contributed by atoms with Crippen LogP contribution < -0.4 is 5.32 Å². The van der Waals surface area contributed by atoms with Crippen molar-refractivity contribution < 1.29 is 9.53 Å². The van der Waals surface area contributed by atoms with Crippen molar-refractivity contribution in [3.05, 3.63) is 48.3 Å². The summed E-state index contributed by atoms with van der Waals surface area (Å²) in [6.07, 6.45) is 2.28. The number of para-hydroxylation sites is 1. The molecule has 0 bridgehead atoms. The summed E-state index contributed by atoms with van der Waals surface area (Å²) in [5.41, 5.74) is 1.37. The monoisotopic (exact) mass is 328 g/mol. The molecule has 1 fully saturated rings. The van der Waals surface area contributed by atoms with Gasteiger partial charge in [0.1, 0.15) is 0 Å². The zero-order valence-corrected chi connectivity index (χ0v) is 14.2. The molecule has 6 nitrogen and oxygen atoms in total. The van der Waals surface area contributed by atoms with Gasteiger partial charge in [-0.3, -0.25) is 9.69 Å². The minimum Gasteiger partial charge on any atom is -0.373 e. The van der Waals surface area contributed by atoms with Gasteiger partial charge in [-0.25, -0.2) is 4.68 Å². The second-order valence-electron chi connectivity index (χ2n) is 6.25. The standard InChI is InChI=1S/C18H24N4O2/c1-14-12-21(13-15(2)24-14)11-9-19-18(23)17-8-10-22(20-17)16-6-4-3-5-7-16/h3-8,10,14-15H,9,11-13H2,1-2H3,(H,19,23)/t14-,15-/m0/s1. The van der Waals surface area contributed by atoms with E-state index in [-0.39, 0.29) is 18.1 Å². The van der Waals surface area contributed by atoms with E-state index in [9.17, 15) is 4.79 Å². The largest absolute Gasteiger partial charge is 0.373 e. The second kappa shape index (κ2) is 7.59. The Morgan fingerprint density at radius 1 is 1.21 bits per heavy atom. The molecular formula is C18H24N4O2. The number of hydrogen-bond acceptors (Lipinski definition) is 4. The maximum atomic E-state index is 12.2. The lowest BCUT2D eigenvalue weighted by molar-refractivity contribution is -0.0672. The predicted octanol–water partition coefficient (Wildman–Crippen LogP) is 1.71. The number of nitrogens with one attached hydrogen (secondary N) is 1. The number of rotatable bonds is 5. The fourth-order valence-electron chi connectivity index (χ4n) is 3.05. The van der Waals surface area contributed by atoms with Crippen LogP contribution in [0.3, 0.4) is 0 Å². The molecule has 2 aromatic rings. The Kier molecular flexibility index (Phi) is 5.27. The summed E-state index contributed by atoms with van der Waals surface area (Å²) in [6.45, 7) is 7.40. The highest BCUT2D eigenvalue weighted by atomic mass is 16.5. The molecule has 0 radical (unpaired) electrons. The van der Waals surface area contributed by atoms with Crippen LogP contribution in [-0.4, -0.2) is 59.0 Å². The lowest BCUT2D eigenvalue weighted by Crippen LogP contribution is -2.47. The Labute approximate surface area is 142 Å². The van der Waals surface area contributed by atoms with Crippen LogP contribution in [0, 0.1) is 0 Å². The second-order valence-corrected chi connectivity index (χ2v) is 6.25. The molecule has 24 heavy (non-hydrogen) atoms. The fourth-order valence-corrected chi connectivity index (χ4v) is 3.05. The summed E-state index contributed by atoms with van der Waals surface area (Å²) >= 11 is 0. The van der Waals surface area contributed by atoms with Crippen LogP contribution in [0.1, 0.15) is 24.3 Å². The summed E-state index contributed by atoms with van der Waals surface area (Å²) in [6, 6.07) is 11.5. The normalized spacial score (nSPS) is 21.6. The van der Waals surface area contributed by atoms with Gasteiger partial charge in [0.15, 0.2) is 5.69 Å². The number of benzene rings is 1. The van der Waals surface area contributed by atoms with Gasteiger partial charge in [-0.1, -0.05) is 18.2 Å². The van der Waals surface area contributed by atoms with E-state index in [0.717, 1.165) is 25.3 Å². The highest BCUT2D eigenvalue weighted by Gasteiger charge is 2.21. The lowest BCUT2D eigenvalue weighted by Gasteiger charge is -2.35. The molecule has 1 saturated heterocycles. The molecule has 2 heterocycles. The van der Waals surface area contributed by atoms with Gasteiger partial charge in [0.05, 0.1) is 17.9 Å². The molecule has 0 spiro atoms. The molecule has 0 aliphatic carbocycles. The first-order valence-electron chi connectivity index (χ1n) is 8.39. The zero-order valence-electron chi connectivity index (χ0n) is 14.2. The Hall–Kier alpha value is -2.18. The van der Waals surface area contributed by atoms with Gasteiger partial charge in [-0.05, 0) is 32.0 Å². The first-order valence-corrected chi connectivity index (χ1v) is 8.39. The molecular weight excluding hydrogens is 304 g/mol. The van der Waals surface area contributed by atoms with Crippen LogP contribution in [0.5, 0.6) is 0 Å². The van der Waals surface area contributed by atoms with E-state index < -0.39 is 0 Å². The number of carbonyl (C=O) groups is 1. The van der Waals surface area contributed by atoms with Crippen molar-refractivity contribution in [3.8, 4) is 5.69 Å². The van der Waals surface area contributed by atoms with E-state index >= 15 is 0 Å². The van der Waals surface area contributed by atoms with Crippen molar-refractivity contribution in [1.82, 2.24) is 20.0 Å². The number of hydrogen-bond donors (Lipinski definition) is 1. The van der Waals surface area contributed by atoms with Gasteiger partial charge < -0.3 is 10.1 Å². The van der Waals surface area contributed by atoms with Gasteiger partial charge in [0, 0.05) is 32.4 Å². The van der Waals surface area contributed by atoms with E-state index in [1.165, 1.54) is 0 Å². The van der Waals surface area contributed by atoms with Crippen LogP contribution in [0.4, 0.5) is 0 Å². The van der Waals surface area contributed by atoms with Crippen LogP contribution in [0.15, 0.2) is 42.6 Å². The molecule has 128 valence electrons. The topological polar surface area (TPSA) is 59.4 Å². The molecule has 6 heteroatoms. The van der Waals surface area contributed by atoms with E-state index in [1.54, 1.807) is 16.9 Å². The lowest BCUT2D eigenvalue weighted by atomic mass is 10.2. The van der Waals surface area contributed by atoms with Crippen molar-refractivity contribution in [3.63, 3.8) is 0 Å². The minimum atomic E-state index is -0.140. The summed E-state index contributed by atoms with van der Waals surface area (Å²) < 4.78 is 7.42. The maximum Gasteiger partial charge on any atom is 0.271 e. The molecule has 1 N–H and O–H groups in total. The maximum absolute atomic E-state index is 12.2. The van der Waals surface area contributed by atoms with Crippen LogP contribution in [0.2, 0.25) is 0 Å². The van der Waals surface area contributed by atoms with Crippen LogP contribution in [-0.2, 0) is 4.74 Å². The van der Waals surface area contributed by atoms with Gasteiger partial charge in [-0.15, -0.1) is 0 Å². The van der Waals surface area contributed by atoms with E-state index in [4.69, 9.17) is 4.74 Å². The Morgan fingerprint density at radius 3 is 2.62 bits per heavy atom. The fraction of sp³-hybridized carbons (Fsp3) is 0.444. The minimum absolute atomic E-state index is 0.140. The smallest absolute Gasteiger partial charge is 0.271 e. The third-order valence-electron chi connectivity index (χ3n) is 4.05. The van der Waals surface area contributed by atoms with E-state index in [2.05, 4.69) is 29.2 Å². The van der Waals surface area contributed by atoms with Crippen molar-refractivity contribution in [2.75, 3.05) is 26.2 Å². The number of nitrogens with zero attached hydrogens (tertiary/aromatic N) is 3. The molecule has 1 aliphatic rings. The molecule has 2 atom stereocenters. The number of amides is 1. The first kappa shape index (κ1) is 16.7. The highest BCUT2D eigenvalue weighted by Crippen LogP contribution is 2.10. The van der Waals surface area contributed by atoms with Crippen molar-refractivity contribution in [1.29, 1.82) is 0 Å². The Morgan fingerprint density at radius 2 is 1.92 bits per heavy atom. The average Bonchev–Trinajstić information content (AvgIpc) is 3.05. The highest BCUT2D eigenvalue weighted by molar-refractivity contribution is 5.92. The third-order valence-corrected chi connectivity index (χ3v) is 4.05. The van der Waals surface area contributed by atoms with Crippen LogP contribution >= 0.6 is 0 Å². The predicted molar refractivity (Wildman–Crippen MR) is 92.3 cm³/mol. The number of morpholine rings is 1. The Bertz CT molecular complexity index is 661. The zero-order chi connectivity index (χ0) is 16.9. The molecule has 1 aliphatic heterocycles. The van der Waals surface area contributed by atoms with Crippen molar-refractivity contribution in [2.45, 2.75) is 26.1 Å². The quantitative estimate of drug-likeness (QED) is 0.908. The summed E-state index contributed by atoms with van der Waals surface area (Å²) in [5.74, 6) is -0.140. The molecule has 3 rings (SSSR count). The molecule has 0 saturated carbocycles. The summed E-state index contributed by atoms with van der Waals surface area (Å²) in [5, 5.41) is 7.28. The number of ether oxygens (including phenoxy) is 1. The summed E-state index contributed by atoms with van der Waals surface area (Å²) in [7, 11) is 0. The summed E-state index contributed by atoms with van der Waals surface area (Å²) in [4.78, 5) is 14.6. The first-order chi connectivity index (χ1) is 11.6. The molecule has 1 aromatic heterocycles. The van der Waals surface area contributed by atoms with Gasteiger partial charge in [-0.2, -0.15) is 5.10 Å². The molecule has 1 amide bonds. The van der Waals surface area contributed by atoms with Crippen molar-refractivity contribution in [2.24, 2.45) is 0 Å². The van der Waals surface area contributed by atoms with Crippen molar-refractivity contribution >= 4 is 5.91 Å².